The maximum Gasteiger partial charge on any atom is 0.278 e. The minimum atomic E-state index is -3.04. The molecule has 3 aromatic carbocycles. The number of amidine groups is 1. The largest absolute Gasteiger partial charge is 0.485 e. The molecular formula is C35H40F3N7O2S2. The average Bonchev–Trinajstić information content (AvgIpc) is 3.68. The van der Waals surface area contributed by atoms with Gasteiger partial charge in [0, 0.05) is 25.5 Å². The number of ether oxygens (including phenoxy) is 1. The van der Waals surface area contributed by atoms with Gasteiger partial charge in [0.2, 0.25) is 11.0 Å². The molecule has 0 saturated carbocycles. The van der Waals surface area contributed by atoms with E-state index in [1.54, 1.807) is 43.1 Å². The Balaban J connectivity index is 0.00000265. The third-order valence-corrected chi connectivity index (χ3v) is 7.93. The summed E-state index contributed by atoms with van der Waals surface area (Å²) in [5.41, 5.74) is 9.28. The van der Waals surface area contributed by atoms with Gasteiger partial charge < -0.3 is 4.74 Å². The lowest BCUT2D eigenvalue weighted by atomic mass is 10.0. The predicted molar refractivity (Wildman–Crippen MR) is 194 cm³/mol. The van der Waals surface area contributed by atoms with Crippen molar-refractivity contribution in [3.63, 3.8) is 0 Å². The van der Waals surface area contributed by atoms with Crippen LogP contribution in [0.5, 0.6) is 5.75 Å². The van der Waals surface area contributed by atoms with E-state index in [1.165, 1.54) is 16.7 Å². The zero-order valence-corrected chi connectivity index (χ0v) is 29.9. The van der Waals surface area contributed by atoms with Crippen LogP contribution in [0.4, 0.5) is 18.9 Å². The van der Waals surface area contributed by atoms with E-state index in [0.717, 1.165) is 34.9 Å². The van der Waals surface area contributed by atoms with Crippen molar-refractivity contribution >= 4 is 45.9 Å². The van der Waals surface area contributed by atoms with Gasteiger partial charge in [-0.25, -0.2) is 28.3 Å². The zero-order valence-electron chi connectivity index (χ0n) is 28.3. The Labute approximate surface area is 294 Å². The molecule has 4 aromatic rings. The molecule has 5 rings (SSSR count). The topological polar surface area (TPSA) is 96.7 Å². The Morgan fingerprint density at radius 1 is 1.02 bits per heavy atom. The van der Waals surface area contributed by atoms with Crippen molar-refractivity contribution in [3.8, 4) is 22.8 Å². The maximum atomic E-state index is 14.0. The number of thiocarbonyl (C=S) groups is 1. The second-order valence-electron chi connectivity index (χ2n) is 11.8. The van der Waals surface area contributed by atoms with Crippen molar-refractivity contribution < 1.29 is 22.7 Å². The van der Waals surface area contributed by atoms with Crippen LogP contribution in [0.2, 0.25) is 0 Å². The highest BCUT2D eigenvalue weighted by Crippen LogP contribution is 2.36. The van der Waals surface area contributed by atoms with Crippen LogP contribution in [-0.2, 0) is 17.8 Å². The van der Waals surface area contributed by atoms with Crippen LogP contribution in [0.15, 0.2) is 78.0 Å². The number of carbonyl (C=O) groups is 1. The van der Waals surface area contributed by atoms with Crippen molar-refractivity contribution in [2.45, 2.75) is 66.1 Å². The molecule has 260 valence electrons. The van der Waals surface area contributed by atoms with Crippen molar-refractivity contribution in [2.24, 2.45) is 4.99 Å². The Bertz CT molecular complexity index is 1770. The summed E-state index contributed by atoms with van der Waals surface area (Å²) in [5, 5.41) is 4.99. The number of hydrogen-bond donors (Lipinski definition) is 2. The molecule has 0 bridgehead atoms. The van der Waals surface area contributed by atoms with Gasteiger partial charge in [-0.15, -0.1) is 5.10 Å². The number of carbonyl (C=O) groups excluding carboxylic acids is 1. The molecule has 1 aliphatic heterocycles. The minimum absolute atomic E-state index is 0.0928. The SMILES string of the molecule is CC.Cc1ccc(OCC(C)(F)F)c(N2C(=O)CS/C2=N\C(=S)NNCc2ccc(-c3ncn(-c4ccc(CC(C)(C)F)cc4)n3)cc2)c1. The number of halogens is 3. The number of alkyl halides is 3. The lowest BCUT2D eigenvalue weighted by Gasteiger charge is -2.21. The number of thioether (sulfide) groups is 1. The molecule has 1 saturated heterocycles. The molecule has 9 nitrogen and oxygen atoms in total. The number of benzene rings is 3. The molecule has 1 fully saturated rings. The molecule has 49 heavy (non-hydrogen) atoms. The van der Waals surface area contributed by atoms with Crippen molar-refractivity contribution in [1.29, 1.82) is 0 Å². The summed E-state index contributed by atoms with van der Waals surface area (Å²) < 4.78 is 48.0. The number of amides is 1. The highest BCUT2D eigenvalue weighted by Gasteiger charge is 2.33. The van der Waals surface area contributed by atoms with E-state index in [1.807, 2.05) is 69.3 Å². The molecule has 2 heterocycles. The Hall–Kier alpha value is -4.27. The van der Waals surface area contributed by atoms with Crippen LogP contribution in [0.25, 0.3) is 17.1 Å². The van der Waals surface area contributed by atoms with Gasteiger partial charge in [0.25, 0.3) is 5.92 Å². The van der Waals surface area contributed by atoms with Crippen molar-refractivity contribution in [2.75, 3.05) is 17.3 Å². The third kappa shape index (κ3) is 10.9. The number of aryl methyl sites for hydroxylation is 1. The molecule has 1 aliphatic rings. The molecule has 0 unspecified atom stereocenters. The van der Waals surface area contributed by atoms with Crippen molar-refractivity contribution in [1.82, 2.24) is 25.6 Å². The lowest BCUT2D eigenvalue weighted by molar-refractivity contribution is -0.115. The quantitative estimate of drug-likeness (QED) is 0.121. The average molecular weight is 712 g/mol. The number of nitrogens with zero attached hydrogens (tertiary/aromatic N) is 5. The normalized spacial score (nSPS) is 14.1. The number of rotatable bonds is 11. The minimum Gasteiger partial charge on any atom is -0.485 e. The number of nitrogens with one attached hydrogen (secondary N) is 2. The smallest absolute Gasteiger partial charge is 0.278 e. The number of anilines is 1. The van der Waals surface area contributed by atoms with Crippen LogP contribution >= 0.6 is 24.0 Å². The van der Waals surface area contributed by atoms with E-state index >= 15 is 0 Å². The first-order valence-corrected chi connectivity index (χ1v) is 17.1. The molecule has 1 amide bonds. The summed E-state index contributed by atoms with van der Waals surface area (Å²) in [4.78, 5) is 23.0. The molecular weight excluding hydrogens is 672 g/mol. The number of hydrogen-bond acceptors (Lipinski definition) is 7. The summed E-state index contributed by atoms with van der Waals surface area (Å²) in [6.45, 7) is 9.30. The predicted octanol–water partition coefficient (Wildman–Crippen LogP) is 7.61. The summed E-state index contributed by atoms with van der Waals surface area (Å²) in [7, 11) is 0. The Kier molecular flexibility index (Phi) is 12.6. The Morgan fingerprint density at radius 3 is 2.35 bits per heavy atom. The number of aliphatic imine (C=N–C) groups is 1. The molecule has 0 radical (unpaired) electrons. The fourth-order valence-electron chi connectivity index (χ4n) is 4.69. The number of aromatic nitrogens is 3. The highest BCUT2D eigenvalue weighted by molar-refractivity contribution is 8.15. The summed E-state index contributed by atoms with van der Waals surface area (Å²) >= 11 is 6.58. The van der Waals surface area contributed by atoms with E-state index in [9.17, 15) is 18.0 Å². The molecule has 14 heteroatoms. The first-order valence-electron chi connectivity index (χ1n) is 15.7. The first-order chi connectivity index (χ1) is 23.2. The van der Waals surface area contributed by atoms with Crippen LogP contribution in [-0.4, -0.2) is 54.9 Å². The zero-order chi connectivity index (χ0) is 35.8. The summed E-state index contributed by atoms with van der Waals surface area (Å²) in [6.07, 6.45) is 1.97. The van der Waals surface area contributed by atoms with Gasteiger partial charge in [0.15, 0.2) is 17.6 Å². The second-order valence-corrected chi connectivity index (χ2v) is 13.1. The van der Waals surface area contributed by atoms with Gasteiger partial charge in [-0.05, 0) is 73.9 Å². The van der Waals surface area contributed by atoms with E-state index in [-0.39, 0.29) is 22.5 Å². The van der Waals surface area contributed by atoms with Crippen LogP contribution in [0.1, 0.15) is 51.3 Å². The summed E-state index contributed by atoms with van der Waals surface area (Å²) in [5.74, 6) is -2.47. The van der Waals surface area contributed by atoms with Gasteiger partial charge in [-0.3, -0.25) is 15.1 Å². The van der Waals surface area contributed by atoms with E-state index < -0.39 is 18.2 Å². The fourth-order valence-corrected chi connectivity index (χ4v) is 5.77. The summed E-state index contributed by atoms with van der Waals surface area (Å²) in [6, 6.07) is 20.2. The van der Waals surface area contributed by atoms with E-state index in [0.29, 0.717) is 29.6 Å². The standard InChI is InChI=1S/C33H34F3N7O2S2.C2H6/c1-21-5-14-27(45-19-33(4,35)36)26(15-21)43-28(44)18-47-31(43)39-30(46)40-38-17-23-6-10-24(11-7-23)29-37-20-42(41-29)25-12-8-22(9-13-25)16-32(2,3)34;1-2/h5-15,20,38H,16-19H2,1-4H3,(H,40,46);1-2H3/b39-31-;. The molecule has 0 atom stereocenters. The van der Waals surface area contributed by atoms with Crippen LogP contribution < -0.4 is 20.5 Å². The monoisotopic (exact) mass is 711 g/mol. The molecule has 0 spiro atoms. The van der Waals surface area contributed by atoms with Gasteiger partial charge >= 0.3 is 0 Å². The van der Waals surface area contributed by atoms with Gasteiger partial charge in [-0.1, -0.05) is 68.1 Å². The number of hydrazine groups is 1. The second kappa shape index (κ2) is 16.4. The van der Waals surface area contributed by atoms with Crippen LogP contribution in [0, 0.1) is 6.92 Å². The van der Waals surface area contributed by atoms with E-state index in [2.05, 4.69) is 25.9 Å². The third-order valence-electron chi connectivity index (χ3n) is 6.82. The fraction of sp³-hybridized carbons (Fsp3) is 0.343. The van der Waals surface area contributed by atoms with Gasteiger partial charge in [-0.2, -0.15) is 4.99 Å². The van der Waals surface area contributed by atoms with Gasteiger partial charge in [0.05, 0.1) is 17.1 Å². The molecule has 1 aromatic heterocycles. The molecule has 0 aliphatic carbocycles. The van der Waals surface area contributed by atoms with Crippen molar-refractivity contribution in [3.05, 3.63) is 89.7 Å². The van der Waals surface area contributed by atoms with E-state index in [4.69, 9.17) is 17.0 Å². The Morgan fingerprint density at radius 2 is 1.69 bits per heavy atom. The maximum absolute atomic E-state index is 14.0. The van der Waals surface area contributed by atoms with Gasteiger partial charge in [0.1, 0.15) is 17.7 Å². The first kappa shape index (κ1) is 37.5. The lowest BCUT2D eigenvalue weighted by Crippen LogP contribution is -2.37. The molecule has 2 N–H and O–H groups in total. The highest BCUT2D eigenvalue weighted by atomic mass is 32.2. The van der Waals surface area contributed by atoms with Crippen LogP contribution in [0.3, 0.4) is 0 Å².